The molecule has 0 fully saturated rings. The molecule has 1 rings (SSSR count). The highest BCUT2D eigenvalue weighted by atomic mass is 16.5. The zero-order valence-corrected chi connectivity index (χ0v) is 14.5. The van der Waals surface area contributed by atoms with Gasteiger partial charge in [-0.15, -0.1) is 0 Å². The third kappa shape index (κ3) is 5.44. The van der Waals surface area contributed by atoms with Gasteiger partial charge in [-0.3, -0.25) is 0 Å². The van der Waals surface area contributed by atoms with Crippen LogP contribution in [0.1, 0.15) is 67.9 Å². The molecule has 0 aromatic heterocycles. The van der Waals surface area contributed by atoms with E-state index in [-0.39, 0.29) is 16.6 Å². The molecule has 0 spiro atoms. The van der Waals surface area contributed by atoms with Crippen molar-refractivity contribution < 1.29 is 9.47 Å². The monoisotopic (exact) mass is 278 g/mol. The van der Waals surface area contributed by atoms with Gasteiger partial charge in [-0.05, 0) is 65.2 Å². The number of rotatable bonds is 2. The van der Waals surface area contributed by atoms with E-state index in [9.17, 15) is 0 Å². The minimum Gasteiger partial charge on any atom is -0.488 e. The van der Waals surface area contributed by atoms with Crippen LogP contribution in [0.25, 0.3) is 0 Å². The largest absolute Gasteiger partial charge is 0.488 e. The predicted molar refractivity (Wildman–Crippen MR) is 85.9 cm³/mol. The van der Waals surface area contributed by atoms with Gasteiger partial charge in [-0.25, -0.2) is 0 Å². The first-order valence-electron chi connectivity index (χ1n) is 7.30. The Balaban J connectivity index is 3.21. The van der Waals surface area contributed by atoms with E-state index in [1.165, 1.54) is 5.56 Å². The van der Waals surface area contributed by atoms with E-state index in [0.717, 1.165) is 11.5 Å². The maximum absolute atomic E-state index is 6.09. The molecule has 0 saturated carbocycles. The molecule has 0 bridgehead atoms. The summed E-state index contributed by atoms with van der Waals surface area (Å²) in [7, 11) is 0. The van der Waals surface area contributed by atoms with Crippen LogP contribution in [0.2, 0.25) is 0 Å². The van der Waals surface area contributed by atoms with Crippen LogP contribution in [0.5, 0.6) is 11.5 Å². The van der Waals surface area contributed by atoms with Gasteiger partial charge in [0.15, 0.2) is 0 Å². The molecular formula is C18H30O2. The zero-order valence-electron chi connectivity index (χ0n) is 14.5. The van der Waals surface area contributed by atoms with Gasteiger partial charge in [0.25, 0.3) is 0 Å². The lowest BCUT2D eigenvalue weighted by atomic mass is 9.86. The molecule has 0 atom stereocenters. The lowest BCUT2D eigenvalue weighted by Gasteiger charge is -2.29. The molecule has 2 heteroatoms. The van der Waals surface area contributed by atoms with E-state index in [0.29, 0.717) is 0 Å². The molecule has 0 heterocycles. The quantitative estimate of drug-likeness (QED) is 0.727. The lowest BCUT2D eigenvalue weighted by molar-refractivity contribution is 0.122. The molecule has 0 radical (unpaired) electrons. The summed E-state index contributed by atoms with van der Waals surface area (Å²) in [6.45, 7) is 19.0. The number of ether oxygens (including phenoxy) is 2. The minimum atomic E-state index is -0.202. The van der Waals surface area contributed by atoms with Crippen LogP contribution in [0.4, 0.5) is 0 Å². The Labute approximate surface area is 124 Å². The standard InChI is InChI=1S/C18H30O2/c1-16(2,3)14-12-13(19-17(4,5)6)10-11-15(14)20-18(7,8)9/h10-12H,1-9H3. The Morgan fingerprint density at radius 1 is 0.700 bits per heavy atom. The van der Waals surface area contributed by atoms with E-state index in [4.69, 9.17) is 9.47 Å². The highest BCUT2D eigenvalue weighted by Gasteiger charge is 2.24. The molecule has 0 saturated heterocycles. The normalized spacial score (nSPS) is 13.2. The molecule has 20 heavy (non-hydrogen) atoms. The Morgan fingerprint density at radius 3 is 1.60 bits per heavy atom. The van der Waals surface area contributed by atoms with Crippen molar-refractivity contribution in [1.82, 2.24) is 0 Å². The molecule has 0 aliphatic rings. The van der Waals surface area contributed by atoms with Gasteiger partial charge < -0.3 is 9.47 Å². The van der Waals surface area contributed by atoms with Crippen molar-refractivity contribution in [3.8, 4) is 11.5 Å². The van der Waals surface area contributed by atoms with E-state index in [1.54, 1.807) is 0 Å². The summed E-state index contributed by atoms with van der Waals surface area (Å²) in [5.41, 5.74) is 0.792. The summed E-state index contributed by atoms with van der Waals surface area (Å²) < 4.78 is 12.1. The maximum atomic E-state index is 6.09. The molecule has 0 aliphatic heterocycles. The van der Waals surface area contributed by atoms with Crippen LogP contribution in [0, 0.1) is 0 Å². The summed E-state index contributed by atoms with van der Waals surface area (Å²) in [6.07, 6.45) is 0. The first-order chi connectivity index (χ1) is 8.78. The zero-order chi connectivity index (χ0) is 15.8. The predicted octanol–water partition coefficient (Wildman–Crippen LogP) is 5.34. The second kappa shape index (κ2) is 5.31. The summed E-state index contributed by atoms with van der Waals surface area (Å²) in [4.78, 5) is 0. The van der Waals surface area contributed by atoms with Gasteiger partial charge in [0.05, 0.1) is 0 Å². The number of benzene rings is 1. The van der Waals surface area contributed by atoms with Crippen LogP contribution in [-0.2, 0) is 5.41 Å². The van der Waals surface area contributed by atoms with Crippen molar-refractivity contribution in [3.63, 3.8) is 0 Å². The maximum Gasteiger partial charge on any atom is 0.124 e. The van der Waals surface area contributed by atoms with E-state index >= 15 is 0 Å². The van der Waals surface area contributed by atoms with Gasteiger partial charge in [0.2, 0.25) is 0 Å². The molecule has 1 aromatic rings. The van der Waals surface area contributed by atoms with Crippen molar-refractivity contribution >= 4 is 0 Å². The van der Waals surface area contributed by atoms with E-state index in [1.807, 2.05) is 12.1 Å². The summed E-state index contributed by atoms with van der Waals surface area (Å²) in [5, 5.41) is 0. The topological polar surface area (TPSA) is 18.5 Å². The fraction of sp³-hybridized carbons (Fsp3) is 0.667. The average molecular weight is 278 g/mol. The molecule has 0 unspecified atom stereocenters. The third-order valence-corrected chi connectivity index (χ3v) is 2.60. The van der Waals surface area contributed by atoms with Crippen LogP contribution < -0.4 is 9.47 Å². The lowest BCUT2D eigenvalue weighted by Crippen LogP contribution is -2.26. The second-order valence-electron chi connectivity index (χ2n) is 8.34. The molecular weight excluding hydrogens is 248 g/mol. The molecule has 114 valence electrons. The van der Waals surface area contributed by atoms with Crippen LogP contribution in [-0.4, -0.2) is 11.2 Å². The average Bonchev–Trinajstić information content (AvgIpc) is 2.14. The molecule has 1 aromatic carbocycles. The first-order valence-corrected chi connectivity index (χ1v) is 7.30. The second-order valence-corrected chi connectivity index (χ2v) is 8.34. The van der Waals surface area contributed by atoms with Crippen LogP contribution >= 0.6 is 0 Å². The Hall–Kier alpha value is -1.18. The first kappa shape index (κ1) is 16.9. The van der Waals surface area contributed by atoms with Crippen molar-refractivity contribution in [2.24, 2.45) is 0 Å². The van der Waals surface area contributed by atoms with Gasteiger partial charge in [-0.1, -0.05) is 20.8 Å². The number of hydrogen-bond donors (Lipinski definition) is 0. The molecule has 0 N–H and O–H groups in total. The van der Waals surface area contributed by atoms with Gasteiger partial charge in [0, 0.05) is 5.56 Å². The van der Waals surface area contributed by atoms with Gasteiger partial charge >= 0.3 is 0 Å². The van der Waals surface area contributed by atoms with E-state index < -0.39 is 0 Å². The van der Waals surface area contributed by atoms with Crippen molar-refractivity contribution in [3.05, 3.63) is 23.8 Å². The van der Waals surface area contributed by atoms with Crippen molar-refractivity contribution in [2.45, 2.75) is 78.9 Å². The van der Waals surface area contributed by atoms with Crippen molar-refractivity contribution in [1.29, 1.82) is 0 Å². The number of hydrogen-bond acceptors (Lipinski definition) is 2. The SMILES string of the molecule is CC(C)(C)Oc1ccc(OC(C)(C)C)c(C(C)(C)C)c1. The third-order valence-electron chi connectivity index (χ3n) is 2.60. The summed E-state index contributed by atoms with van der Waals surface area (Å²) in [6, 6.07) is 6.11. The summed E-state index contributed by atoms with van der Waals surface area (Å²) in [5.74, 6) is 1.83. The Bertz CT molecular complexity index is 454. The van der Waals surface area contributed by atoms with Gasteiger partial charge in [0.1, 0.15) is 22.7 Å². The smallest absolute Gasteiger partial charge is 0.124 e. The van der Waals surface area contributed by atoms with Crippen LogP contribution in [0.15, 0.2) is 18.2 Å². The molecule has 0 amide bonds. The fourth-order valence-corrected chi connectivity index (χ4v) is 1.93. The van der Waals surface area contributed by atoms with Crippen LogP contribution in [0.3, 0.4) is 0 Å². The van der Waals surface area contributed by atoms with Crippen molar-refractivity contribution in [2.75, 3.05) is 0 Å². The highest BCUT2D eigenvalue weighted by Crippen LogP contribution is 2.36. The van der Waals surface area contributed by atoms with E-state index in [2.05, 4.69) is 68.4 Å². The summed E-state index contributed by atoms with van der Waals surface area (Å²) >= 11 is 0. The van der Waals surface area contributed by atoms with Gasteiger partial charge in [-0.2, -0.15) is 0 Å². The molecule has 2 nitrogen and oxygen atoms in total. The fourth-order valence-electron chi connectivity index (χ4n) is 1.93. The highest BCUT2D eigenvalue weighted by molar-refractivity contribution is 5.44. The Kier molecular flexibility index (Phi) is 4.48. The molecule has 0 aliphatic carbocycles. The Morgan fingerprint density at radius 2 is 1.20 bits per heavy atom. The minimum absolute atomic E-state index is 0.0117.